The van der Waals surface area contributed by atoms with Gasteiger partial charge in [-0.1, -0.05) is 27.7 Å². The standard InChI is InChI=1S/C13H22N2O/c1-10(2)9-16-13-6-5-12(15-8-13)7-14-11(3)4/h5-6,8,10-11,14H,7,9H2,1-4H3. The van der Waals surface area contributed by atoms with Gasteiger partial charge < -0.3 is 10.1 Å². The molecule has 3 nitrogen and oxygen atoms in total. The summed E-state index contributed by atoms with van der Waals surface area (Å²) < 4.78 is 5.57. The third-order valence-corrected chi connectivity index (χ3v) is 2.07. The summed E-state index contributed by atoms with van der Waals surface area (Å²) in [5.74, 6) is 1.39. The molecule has 1 heterocycles. The zero-order valence-electron chi connectivity index (χ0n) is 10.7. The van der Waals surface area contributed by atoms with Gasteiger partial charge in [0, 0.05) is 12.6 Å². The van der Waals surface area contributed by atoms with Crippen molar-refractivity contribution in [1.82, 2.24) is 10.3 Å². The molecule has 0 aliphatic carbocycles. The molecule has 90 valence electrons. The highest BCUT2D eigenvalue weighted by molar-refractivity contribution is 5.19. The third-order valence-electron chi connectivity index (χ3n) is 2.07. The van der Waals surface area contributed by atoms with Gasteiger partial charge in [0.05, 0.1) is 18.5 Å². The largest absolute Gasteiger partial charge is 0.492 e. The van der Waals surface area contributed by atoms with Crippen molar-refractivity contribution in [3.63, 3.8) is 0 Å². The maximum Gasteiger partial charge on any atom is 0.137 e. The van der Waals surface area contributed by atoms with E-state index in [0.717, 1.165) is 24.6 Å². The molecule has 1 aromatic heterocycles. The quantitative estimate of drug-likeness (QED) is 0.803. The number of aromatic nitrogens is 1. The molecule has 1 aromatic rings. The Kier molecular flexibility index (Phi) is 5.26. The Morgan fingerprint density at radius 2 is 2.00 bits per heavy atom. The molecule has 0 aromatic carbocycles. The minimum Gasteiger partial charge on any atom is -0.492 e. The Morgan fingerprint density at radius 3 is 2.50 bits per heavy atom. The van der Waals surface area contributed by atoms with Gasteiger partial charge in [-0.15, -0.1) is 0 Å². The van der Waals surface area contributed by atoms with Crippen LogP contribution in [0.5, 0.6) is 5.75 Å². The maximum atomic E-state index is 5.57. The Balaban J connectivity index is 2.41. The van der Waals surface area contributed by atoms with E-state index in [1.807, 2.05) is 12.1 Å². The second-order valence-corrected chi connectivity index (χ2v) is 4.73. The number of pyridine rings is 1. The zero-order valence-corrected chi connectivity index (χ0v) is 10.7. The number of ether oxygens (including phenoxy) is 1. The van der Waals surface area contributed by atoms with Crippen LogP contribution in [0, 0.1) is 5.92 Å². The fourth-order valence-electron chi connectivity index (χ4n) is 1.17. The van der Waals surface area contributed by atoms with Crippen molar-refractivity contribution in [1.29, 1.82) is 0 Å². The highest BCUT2D eigenvalue weighted by atomic mass is 16.5. The van der Waals surface area contributed by atoms with Crippen LogP contribution in [0.1, 0.15) is 33.4 Å². The second-order valence-electron chi connectivity index (χ2n) is 4.73. The van der Waals surface area contributed by atoms with Crippen LogP contribution in [0.2, 0.25) is 0 Å². The molecule has 0 saturated carbocycles. The first-order valence-corrected chi connectivity index (χ1v) is 5.89. The van der Waals surface area contributed by atoms with Gasteiger partial charge in [-0.05, 0) is 18.1 Å². The summed E-state index contributed by atoms with van der Waals surface area (Å²) in [6.45, 7) is 10.1. The van der Waals surface area contributed by atoms with Gasteiger partial charge in [0.25, 0.3) is 0 Å². The number of nitrogens with one attached hydrogen (secondary N) is 1. The van der Waals surface area contributed by atoms with Crippen molar-refractivity contribution in [3.8, 4) is 5.75 Å². The SMILES string of the molecule is CC(C)COc1ccc(CNC(C)C)nc1. The molecule has 0 spiro atoms. The van der Waals surface area contributed by atoms with Crippen LogP contribution in [-0.2, 0) is 6.54 Å². The second kappa shape index (κ2) is 6.48. The Hall–Kier alpha value is -1.09. The molecular weight excluding hydrogens is 200 g/mol. The first kappa shape index (κ1) is 13.0. The molecule has 0 saturated heterocycles. The van der Waals surface area contributed by atoms with Crippen molar-refractivity contribution < 1.29 is 4.74 Å². The van der Waals surface area contributed by atoms with Gasteiger partial charge in [0.15, 0.2) is 0 Å². The average Bonchev–Trinajstić information content (AvgIpc) is 2.25. The summed E-state index contributed by atoms with van der Waals surface area (Å²) in [6, 6.07) is 4.47. The highest BCUT2D eigenvalue weighted by Gasteiger charge is 1.99. The molecule has 0 radical (unpaired) electrons. The number of hydrogen-bond donors (Lipinski definition) is 1. The summed E-state index contributed by atoms with van der Waals surface area (Å²) in [7, 11) is 0. The number of hydrogen-bond acceptors (Lipinski definition) is 3. The van der Waals surface area contributed by atoms with E-state index < -0.39 is 0 Å². The lowest BCUT2D eigenvalue weighted by atomic mass is 10.2. The number of rotatable bonds is 6. The molecule has 0 atom stereocenters. The Labute approximate surface area is 98.2 Å². The van der Waals surface area contributed by atoms with E-state index in [9.17, 15) is 0 Å². The maximum absolute atomic E-state index is 5.57. The van der Waals surface area contributed by atoms with Gasteiger partial charge in [-0.25, -0.2) is 0 Å². The summed E-state index contributed by atoms with van der Waals surface area (Å²) in [5.41, 5.74) is 1.05. The van der Waals surface area contributed by atoms with Crippen LogP contribution in [-0.4, -0.2) is 17.6 Å². The van der Waals surface area contributed by atoms with Crippen LogP contribution in [0.25, 0.3) is 0 Å². The third kappa shape index (κ3) is 5.12. The minimum atomic E-state index is 0.485. The fraction of sp³-hybridized carbons (Fsp3) is 0.615. The summed E-state index contributed by atoms with van der Waals surface area (Å²) >= 11 is 0. The monoisotopic (exact) mass is 222 g/mol. The summed E-state index contributed by atoms with van der Waals surface area (Å²) in [5, 5.41) is 3.33. The average molecular weight is 222 g/mol. The molecule has 0 bridgehead atoms. The summed E-state index contributed by atoms with van der Waals surface area (Å²) in [4.78, 5) is 4.34. The minimum absolute atomic E-state index is 0.485. The normalized spacial score (nSPS) is 11.1. The predicted molar refractivity (Wildman–Crippen MR) is 66.5 cm³/mol. The van der Waals surface area contributed by atoms with Gasteiger partial charge in [0.1, 0.15) is 5.75 Å². The van der Waals surface area contributed by atoms with E-state index in [4.69, 9.17) is 4.74 Å². The van der Waals surface area contributed by atoms with E-state index >= 15 is 0 Å². The van der Waals surface area contributed by atoms with Crippen LogP contribution >= 0.6 is 0 Å². The molecule has 0 amide bonds. The molecule has 0 unspecified atom stereocenters. The molecule has 0 aliphatic rings. The van der Waals surface area contributed by atoms with Crippen LogP contribution in [0.15, 0.2) is 18.3 Å². The van der Waals surface area contributed by atoms with Gasteiger partial charge >= 0.3 is 0 Å². The van der Waals surface area contributed by atoms with E-state index in [1.54, 1.807) is 6.20 Å². The van der Waals surface area contributed by atoms with Gasteiger partial charge in [0.2, 0.25) is 0 Å². The lowest BCUT2D eigenvalue weighted by Gasteiger charge is -2.10. The van der Waals surface area contributed by atoms with Crippen molar-refractivity contribution in [2.24, 2.45) is 5.92 Å². The Morgan fingerprint density at radius 1 is 1.25 bits per heavy atom. The van der Waals surface area contributed by atoms with E-state index in [-0.39, 0.29) is 0 Å². The lowest BCUT2D eigenvalue weighted by molar-refractivity contribution is 0.270. The topological polar surface area (TPSA) is 34.1 Å². The first-order valence-electron chi connectivity index (χ1n) is 5.89. The lowest BCUT2D eigenvalue weighted by Crippen LogP contribution is -2.22. The highest BCUT2D eigenvalue weighted by Crippen LogP contribution is 2.10. The smallest absolute Gasteiger partial charge is 0.137 e. The molecular formula is C13H22N2O. The molecule has 3 heteroatoms. The Bertz CT molecular complexity index is 262. The number of nitrogens with zero attached hydrogens (tertiary/aromatic N) is 1. The van der Waals surface area contributed by atoms with E-state index in [1.165, 1.54) is 0 Å². The van der Waals surface area contributed by atoms with Crippen molar-refractivity contribution in [3.05, 3.63) is 24.0 Å². The van der Waals surface area contributed by atoms with Gasteiger partial charge in [-0.3, -0.25) is 4.98 Å². The van der Waals surface area contributed by atoms with Gasteiger partial charge in [-0.2, -0.15) is 0 Å². The van der Waals surface area contributed by atoms with E-state index in [0.29, 0.717) is 12.0 Å². The molecule has 0 aliphatic heterocycles. The van der Waals surface area contributed by atoms with Crippen LogP contribution in [0.4, 0.5) is 0 Å². The summed E-state index contributed by atoms with van der Waals surface area (Å²) in [6.07, 6.45) is 1.79. The molecule has 16 heavy (non-hydrogen) atoms. The zero-order chi connectivity index (χ0) is 12.0. The molecule has 1 rings (SSSR count). The molecule has 0 fully saturated rings. The fourth-order valence-corrected chi connectivity index (χ4v) is 1.17. The predicted octanol–water partition coefficient (Wildman–Crippen LogP) is 2.61. The van der Waals surface area contributed by atoms with Crippen LogP contribution in [0.3, 0.4) is 0 Å². The first-order chi connectivity index (χ1) is 7.58. The van der Waals surface area contributed by atoms with Crippen molar-refractivity contribution in [2.75, 3.05) is 6.61 Å². The van der Waals surface area contributed by atoms with Crippen LogP contribution < -0.4 is 10.1 Å². The van der Waals surface area contributed by atoms with Crippen molar-refractivity contribution in [2.45, 2.75) is 40.3 Å². The van der Waals surface area contributed by atoms with E-state index in [2.05, 4.69) is 38.0 Å². The van der Waals surface area contributed by atoms with Crippen molar-refractivity contribution >= 4 is 0 Å². The molecule has 1 N–H and O–H groups in total.